The van der Waals surface area contributed by atoms with E-state index in [9.17, 15) is 4.79 Å². The van der Waals surface area contributed by atoms with Crippen molar-refractivity contribution in [2.75, 3.05) is 0 Å². The van der Waals surface area contributed by atoms with Crippen molar-refractivity contribution in [3.8, 4) is 0 Å². The molecule has 0 radical (unpaired) electrons. The predicted octanol–water partition coefficient (Wildman–Crippen LogP) is 0.310. The average molecular weight is 182 g/mol. The largest absolute Gasteiger partial charge is 0.463 e. The first-order valence-corrected chi connectivity index (χ1v) is 3.59. The number of nitrogens with one attached hydrogen (secondary N) is 1. The molecule has 4 N–H and O–H groups in total. The Morgan fingerprint density at radius 3 is 2.38 bits per heavy atom. The van der Waals surface area contributed by atoms with Gasteiger partial charge in [-0.1, -0.05) is 0 Å². The van der Waals surface area contributed by atoms with Gasteiger partial charge in [0, 0.05) is 0 Å². The summed E-state index contributed by atoms with van der Waals surface area (Å²) in [6.45, 7) is 3.17. The van der Waals surface area contributed by atoms with Crippen LogP contribution in [0.2, 0.25) is 0 Å². The molecule has 6 heteroatoms. The van der Waals surface area contributed by atoms with Crippen LogP contribution in [-0.2, 0) is 0 Å². The second kappa shape index (κ2) is 2.89. The Bertz CT molecular complexity index is 380. The van der Waals surface area contributed by atoms with Gasteiger partial charge in [-0.3, -0.25) is 5.41 Å². The summed E-state index contributed by atoms with van der Waals surface area (Å²) in [6, 6.07) is 0. The smallest absolute Gasteiger partial charge is 0.432 e. The standard InChI is InChI=1S/C7H10N4O2/c1-3-5(6(8)9)4(2)11(10-3)7(12)13/h1-2H3,(H3,8,9)(H,12,13). The fourth-order valence-corrected chi connectivity index (χ4v) is 1.22. The van der Waals surface area contributed by atoms with Gasteiger partial charge >= 0.3 is 6.09 Å². The van der Waals surface area contributed by atoms with Gasteiger partial charge in [0.05, 0.1) is 17.0 Å². The van der Waals surface area contributed by atoms with Crippen LogP contribution < -0.4 is 5.73 Å². The van der Waals surface area contributed by atoms with Crippen molar-refractivity contribution in [2.45, 2.75) is 13.8 Å². The summed E-state index contributed by atoms with van der Waals surface area (Å²) < 4.78 is 0.812. The Morgan fingerprint density at radius 1 is 1.62 bits per heavy atom. The molecule has 1 aromatic rings. The summed E-state index contributed by atoms with van der Waals surface area (Å²) in [5.41, 5.74) is 6.48. The Labute approximate surface area is 74.5 Å². The zero-order chi connectivity index (χ0) is 10.2. The first kappa shape index (κ1) is 9.24. The Kier molecular flexibility index (Phi) is 2.05. The van der Waals surface area contributed by atoms with Gasteiger partial charge in [0.15, 0.2) is 0 Å². The van der Waals surface area contributed by atoms with Crippen LogP contribution in [0.1, 0.15) is 17.0 Å². The molecule has 1 aromatic heterocycles. The second-order valence-corrected chi connectivity index (χ2v) is 2.65. The molecule has 0 unspecified atom stereocenters. The van der Waals surface area contributed by atoms with E-state index < -0.39 is 6.09 Å². The third-order valence-corrected chi connectivity index (χ3v) is 1.74. The van der Waals surface area contributed by atoms with E-state index in [4.69, 9.17) is 16.2 Å². The van der Waals surface area contributed by atoms with Crippen LogP contribution in [0.15, 0.2) is 0 Å². The van der Waals surface area contributed by atoms with Crippen LogP contribution in [0.25, 0.3) is 0 Å². The fraction of sp³-hybridized carbons (Fsp3) is 0.286. The summed E-state index contributed by atoms with van der Waals surface area (Å²) in [5, 5.41) is 19.6. The molecule has 1 rings (SSSR count). The lowest BCUT2D eigenvalue weighted by molar-refractivity contribution is 0.192. The molecule has 70 valence electrons. The number of nitrogens with zero attached hydrogens (tertiary/aromatic N) is 2. The number of carbonyl (C=O) groups is 1. The van der Waals surface area contributed by atoms with E-state index in [0.29, 0.717) is 17.0 Å². The second-order valence-electron chi connectivity index (χ2n) is 2.65. The van der Waals surface area contributed by atoms with E-state index in [1.54, 1.807) is 13.8 Å². The van der Waals surface area contributed by atoms with Crippen molar-refractivity contribution in [3.05, 3.63) is 17.0 Å². The molecule has 0 aromatic carbocycles. The van der Waals surface area contributed by atoms with E-state index in [0.717, 1.165) is 4.68 Å². The van der Waals surface area contributed by atoms with Crippen LogP contribution in [0, 0.1) is 19.3 Å². The van der Waals surface area contributed by atoms with Crippen molar-refractivity contribution in [1.82, 2.24) is 9.78 Å². The van der Waals surface area contributed by atoms with Crippen molar-refractivity contribution >= 4 is 11.9 Å². The number of rotatable bonds is 1. The van der Waals surface area contributed by atoms with Crippen molar-refractivity contribution in [1.29, 1.82) is 5.41 Å². The number of carboxylic acid groups (broad SMARTS) is 1. The topological polar surface area (TPSA) is 105 Å². The lowest BCUT2D eigenvalue weighted by Crippen LogP contribution is -2.15. The van der Waals surface area contributed by atoms with Crippen molar-refractivity contribution in [2.24, 2.45) is 5.73 Å². The monoisotopic (exact) mass is 182 g/mol. The Balaban J connectivity index is 3.39. The molecule has 0 aliphatic carbocycles. The molecule has 0 fully saturated rings. The first-order valence-electron chi connectivity index (χ1n) is 3.59. The molecule has 0 saturated heterocycles. The van der Waals surface area contributed by atoms with Gasteiger partial charge in [0.2, 0.25) is 0 Å². The number of amidine groups is 1. The van der Waals surface area contributed by atoms with Gasteiger partial charge in [0.1, 0.15) is 5.84 Å². The minimum Gasteiger partial charge on any atom is -0.463 e. The van der Waals surface area contributed by atoms with Crippen molar-refractivity contribution < 1.29 is 9.90 Å². The Morgan fingerprint density at radius 2 is 2.15 bits per heavy atom. The molecular weight excluding hydrogens is 172 g/mol. The molecule has 0 saturated carbocycles. The van der Waals surface area contributed by atoms with Crippen LogP contribution in [0.4, 0.5) is 4.79 Å². The molecule has 0 aliphatic rings. The lowest BCUT2D eigenvalue weighted by atomic mass is 10.2. The van der Waals surface area contributed by atoms with Crippen LogP contribution in [0.5, 0.6) is 0 Å². The van der Waals surface area contributed by atoms with Crippen LogP contribution >= 0.6 is 0 Å². The normalized spacial score (nSPS) is 10.0. The average Bonchev–Trinajstić information content (AvgIpc) is 2.26. The molecule has 0 aliphatic heterocycles. The lowest BCUT2D eigenvalue weighted by Gasteiger charge is -1.97. The highest BCUT2D eigenvalue weighted by Crippen LogP contribution is 2.11. The van der Waals surface area contributed by atoms with E-state index in [1.165, 1.54) is 0 Å². The third-order valence-electron chi connectivity index (χ3n) is 1.74. The quantitative estimate of drug-likeness (QED) is 0.429. The van der Waals surface area contributed by atoms with Gasteiger partial charge in [-0.05, 0) is 13.8 Å². The summed E-state index contributed by atoms with van der Waals surface area (Å²) in [7, 11) is 0. The molecule has 1 heterocycles. The number of aryl methyl sites for hydroxylation is 1. The van der Waals surface area contributed by atoms with E-state index >= 15 is 0 Å². The molecule has 0 spiro atoms. The molecule has 0 atom stereocenters. The maximum atomic E-state index is 10.6. The number of hydrogen-bond acceptors (Lipinski definition) is 3. The van der Waals surface area contributed by atoms with E-state index in [-0.39, 0.29) is 5.84 Å². The first-order chi connectivity index (χ1) is 5.95. The van der Waals surface area contributed by atoms with Crippen LogP contribution in [0.3, 0.4) is 0 Å². The van der Waals surface area contributed by atoms with E-state index in [1.807, 2.05) is 0 Å². The summed E-state index contributed by atoms with van der Waals surface area (Å²) in [4.78, 5) is 10.6. The number of hydrogen-bond donors (Lipinski definition) is 3. The summed E-state index contributed by atoms with van der Waals surface area (Å²) in [5.74, 6) is -0.164. The highest BCUT2D eigenvalue weighted by Gasteiger charge is 2.16. The van der Waals surface area contributed by atoms with Gasteiger partial charge in [-0.2, -0.15) is 9.78 Å². The SMILES string of the molecule is Cc1nn(C(=O)O)c(C)c1C(=N)N. The third kappa shape index (κ3) is 1.37. The summed E-state index contributed by atoms with van der Waals surface area (Å²) in [6.07, 6.45) is -1.17. The molecule has 0 bridgehead atoms. The predicted molar refractivity (Wildman–Crippen MR) is 46.1 cm³/mol. The minimum atomic E-state index is -1.17. The van der Waals surface area contributed by atoms with Crippen LogP contribution in [-0.4, -0.2) is 26.8 Å². The highest BCUT2D eigenvalue weighted by atomic mass is 16.4. The molecule has 6 nitrogen and oxygen atoms in total. The fourth-order valence-electron chi connectivity index (χ4n) is 1.22. The zero-order valence-electron chi connectivity index (χ0n) is 7.33. The van der Waals surface area contributed by atoms with Gasteiger partial charge in [-0.25, -0.2) is 4.79 Å². The summed E-state index contributed by atoms with van der Waals surface area (Å²) >= 11 is 0. The maximum Gasteiger partial charge on any atom is 0.432 e. The van der Waals surface area contributed by atoms with Gasteiger partial charge < -0.3 is 10.8 Å². The number of aromatic nitrogens is 2. The maximum absolute atomic E-state index is 10.6. The molecular formula is C7H10N4O2. The van der Waals surface area contributed by atoms with Gasteiger partial charge in [0.25, 0.3) is 0 Å². The highest BCUT2D eigenvalue weighted by molar-refractivity contribution is 5.97. The number of nitrogens with two attached hydrogens (primary N) is 1. The molecule has 13 heavy (non-hydrogen) atoms. The zero-order valence-corrected chi connectivity index (χ0v) is 7.33. The minimum absolute atomic E-state index is 0.164. The van der Waals surface area contributed by atoms with Gasteiger partial charge in [-0.15, -0.1) is 0 Å². The molecule has 0 amide bonds. The van der Waals surface area contributed by atoms with E-state index in [2.05, 4.69) is 5.10 Å². The Hall–Kier alpha value is -1.85. The number of nitrogen functional groups attached to an aromatic ring is 1. The van der Waals surface area contributed by atoms with Crippen molar-refractivity contribution in [3.63, 3.8) is 0 Å².